The molecule has 2 bridgehead atoms. The number of carbonyl (C=O) groups excluding carboxylic acids is 2. The first-order valence-corrected chi connectivity index (χ1v) is 11.4. The zero-order valence-electron chi connectivity index (χ0n) is 18.4. The lowest BCUT2D eigenvalue weighted by molar-refractivity contribution is -0.00179. The number of cyclic esters (lactones) is 1. The molecule has 2 amide bonds. The quantitative estimate of drug-likeness (QED) is 0.530. The Labute approximate surface area is 191 Å². The van der Waals surface area contributed by atoms with Gasteiger partial charge >= 0.3 is 6.09 Å². The molecule has 32 heavy (non-hydrogen) atoms. The Balaban J connectivity index is 1.47. The van der Waals surface area contributed by atoms with E-state index in [2.05, 4.69) is 15.6 Å². The van der Waals surface area contributed by atoms with Crippen molar-refractivity contribution in [2.24, 2.45) is 0 Å². The lowest BCUT2D eigenvalue weighted by Gasteiger charge is -2.56. The number of hydrogen-bond acceptors (Lipinski definition) is 6. The fourth-order valence-corrected chi connectivity index (χ4v) is 5.27. The molecule has 2 heterocycles. The first kappa shape index (κ1) is 23.0. The van der Waals surface area contributed by atoms with Gasteiger partial charge in [0.25, 0.3) is 5.91 Å². The summed E-state index contributed by atoms with van der Waals surface area (Å²) in [6.07, 6.45) is 4.70. The molecule has 4 fully saturated rings. The van der Waals surface area contributed by atoms with Crippen LogP contribution in [-0.2, 0) is 4.74 Å². The number of rotatable bonds is 7. The highest BCUT2D eigenvalue weighted by molar-refractivity contribution is 6.29. The van der Waals surface area contributed by atoms with Crippen LogP contribution in [0.25, 0.3) is 0 Å². The van der Waals surface area contributed by atoms with Gasteiger partial charge in [-0.15, -0.1) is 0 Å². The van der Waals surface area contributed by atoms with E-state index in [4.69, 9.17) is 16.3 Å². The number of ether oxygens (including phenoxy) is 1. The Kier molecular flexibility index (Phi) is 6.00. The molecular formula is C22H30ClFN4O4. The minimum absolute atomic E-state index is 0.139. The molecule has 1 atom stereocenters. The average molecular weight is 469 g/mol. The van der Waals surface area contributed by atoms with Gasteiger partial charge < -0.3 is 20.5 Å². The van der Waals surface area contributed by atoms with Crippen LogP contribution in [0.3, 0.4) is 0 Å². The summed E-state index contributed by atoms with van der Waals surface area (Å²) >= 11 is 6.12. The van der Waals surface area contributed by atoms with Crippen LogP contribution in [0.2, 0.25) is 5.15 Å². The lowest BCUT2D eigenvalue weighted by Crippen LogP contribution is -2.61. The Morgan fingerprint density at radius 2 is 2.00 bits per heavy atom. The number of alkyl halides is 1. The number of amides is 2. The second kappa shape index (κ2) is 8.33. The normalized spacial score (nSPS) is 28.4. The molecule has 1 aromatic rings. The van der Waals surface area contributed by atoms with Crippen LogP contribution < -0.4 is 10.6 Å². The predicted octanol–water partition coefficient (Wildman–Crippen LogP) is 3.28. The number of anilines is 1. The van der Waals surface area contributed by atoms with Gasteiger partial charge in [-0.1, -0.05) is 11.6 Å². The maximum atomic E-state index is 14.1. The molecular weight excluding hydrogens is 439 g/mol. The van der Waals surface area contributed by atoms with Crippen LogP contribution in [0, 0.1) is 0 Å². The molecule has 1 aromatic heterocycles. The third kappa shape index (κ3) is 4.37. The van der Waals surface area contributed by atoms with Crippen molar-refractivity contribution in [3.8, 4) is 0 Å². The molecule has 3 aliphatic carbocycles. The summed E-state index contributed by atoms with van der Waals surface area (Å²) in [5.41, 5.74) is -1.07. The molecule has 176 valence electrons. The third-order valence-electron chi connectivity index (χ3n) is 7.26. The number of hydrogen-bond donors (Lipinski definition) is 3. The Bertz CT molecular complexity index is 882. The highest BCUT2D eigenvalue weighted by Crippen LogP contribution is 2.52. The monoisotopic (exact) mass is 468 g/mol. The fourth-order valence-electron chi connectivity index (χ4n) is 5.11. The maximum Gasteiger partial charge on any atom is 0.410 e. The predicted molar refractivity (Wildman–Crippen MR) is 118 cm³/mol. The summed E-state index contributed by atoms with van der Waals surface area (Å²) < 4.78 is 19.2. The van der Waals surface area contributed by atoms with Crippen molar-refractivity contribution >= 4 is 29.3 Å². The molecule has 3 N–H and O–H groups in total. The molecule has 8 nitrogen and oxygen atoms in total. The lowest BCUT2D eigenvalue weighted by atomic mass is 9.61. The van der Waals surface area contributed by atoms with E-state index in [1.165, 1.54) is 20.0 Å². The van der Waals surface area contributed by atoms with Crippen LogP contribution in [0.15, 0.2) is 12.3 Å². The van der Waals surface area contributed by atoms with Gasteiger partial charge in [-0.3, -0.25) is 9.69 Å². The molecule has 4 aliphatic rings. The minimum Gasteiger partial charge on any atom is -0.448 e. The van der Waals surface area contributed by atoms with E-state index < -0.39 is 17.7 Å². The Morgan fingerprint density at radius 1 is 1.34 bits per heavy atom. The van der Waals surface area contributed by atoms with E-state index in [0.29, 0.717) is 18.8 Å². The van der Waals surface area contributed by atoms with Crippen molar-refractivity contribution in [3.63, 3.8) is 0 Å². The van der Waals surface area contributed by atoms with Crippen molar-refractivity contribution in [1.29, 1.82) is 0 Å². The average Bonchev–Trinajstić information content (AvgIpc) is 3.19. The SMILES string of the molecule is CC(C)(O)C(F)CNC(=O)c1cnc(Cl)cc1NC12CCC(N3CCOC3=O)(CC1)CC2. The second-order valence-electron chi connectivity index (χ2n) is 9.78. The molecule has 1 unspecified atom stereocenters. The standard InChI is InChI=1S/C22H30ClFN4O4/c1-20(2,31)16(24)13-26-18(29)14-12-25-17(23)11-15(14)27-21-3-6-22(7-4-21,8-5-21)28-9-10-32-19(28)30/h11-12,16,31H,3-10,13H2,1-2H3,(H,25,27)(H,26,29). The second-order valence-corrected chi connectivity index (χ2v) is 10.2. The highest BCUT2D eigenvalue weighted by Gasteiger charge is 2.54. The summed E-state index contributed by atoms with van der Waals surface area (Å²) in [5.74, 6) is -0.485. The van der Waals surface area contributed by atoms with Crippen molar-refractivity contribution in [3.05, 3.63) is 23.0 Å². The van der Waals surface area contributed by atoms with Crippen LogP contribution in [-0.4, -0.2) is 69.5 Å². The summed E-state index contributed by atoms with van der Waals surface area (Å²) in [6, 6.07) is 1.61. The number of aliphatic hydroxyl groups is 1. The zero-order chi connectivity index (χ0) is 23.1. The third-order valence-corrected chi connectivity index (χ3v) is 7.47. The smallest absolute Gasteiger partial charge is 0.410 e. The number of fused-ring (bicyclic) bond motifs is 3. The van der Waals surface area contributed by atoms with Gasteiger partial charge in [-0.25, -0.2) is 14.2 Å². The van der Waals surface area contributed by atoms with Crippen molar-refractivity contribution in [2.75, 3.05) is 25.0 Å². The molecule has 1 saturated heterocycles. The summed E-state index contributed by atoms with van der Waals surface area (Å²) in [7, 11) is 0. The summed E-state index contributed by atoms with van der Waals surface area (Å²) in [6.45, 7) is 3.49. The first-order chi connectivity index (χ1) is 15.0. The number of carbonyl (C=O) groups is 2. The van der Waals surface area contributed by atoms with E-state index in [-0.39, 0.29) is 34.4 Å². The van der Waals surface area contributed by atoms with Gasteiger partial charge in [0.2, 0.25) is 0 Å². The van der Waals surface area contributed by atoms with E-state index in [9.17, 15) is 19.1 Å². The molecule has 1 aliphatic heterocycles. The molecule has 3 saturated carbocycles. The van der Waals surface area contributed by atoms with Crippen LogP contribution >= 0.6 is 11.6 Å². The number of nitrogens with zero attached hydrogens (tertiary/aromatic N) is 2. The molecule has 0 aromatic carbocycles. The zero-order valence-corrected chi connectivity index (χ0v) is 19.2. The Hall–Kier alpha value is -2.13. The van der Waals surface area contributed by atoms with Gasteiger partial charge in [0.15, 0.2) is 0 Å². The molecule has 0 spiro atoms. The van der Waals surface area contributed by atoms with Gasteiger partial charge in [-0.2, -0.15) is 0 Å². The number of pyridine rings is 1. The van der Waals surface area contributed by atoms with Crippen molar-refractivity contribution < 1.29 is 23.8 Å². The highest BCUT2D eigenvalue weighted by atomic mass is 35.5. The summed E-state index contributed by atoms with van der Waals surface area (Å²) in [4.78, 5) is 30.8. The maximum absolute atomic E-state index is 14.1. The first-order valence-electron chi connectivity index (χ1n) is 11.1. The molecule has 5 rings (SSSR count). The van der Waals surface area contributed by atoms with Crippen molar-refractivity contribution in [2.45, 2.75) is 75.2 Å². The van der Waals surface area contributed by atoms with Crippen molar-refractivity contribution in [1.82, 2.24) is 15.2 Å². The Morgan fingerprint density at radius 3 is 2.56 bits per heavy atom. The summed E-state index contributed by atoms with van der Waals surface area (Å²) in [5, 5.41) is 16.1. The fraction of sp³-hybridized carbons (Fsp3) is 0.682. The van der Waals surface area contributed by atoms with E-state index in [0.717, 1.165) is 38.5 Å². The van der Waals surface area contributed by atoms with Gasteiger partial charge in [0.05, 0.1) is 29.9 Å². The van der Waals surface area contributed by atoms with Crippen LogP contribution in [0.1, 0.15) is 62.7 Å². The van der Waals surface area contributed by atoms with Gasteiger partial charge in [0.1, 0.15) is 17.9 Å². The van der Waals surface area contributed by atoms with Crippen LogP contribution in [0.5, 0.6) is 0 Å². The van der Waals surface area contributed by atoms with E-state index in [1.54, 1.807) is 6.07 Å². The number of halogens is 2. The van der Waals surface area contributed by atoms with E-state index in [1.807, 2.05) is 4.90 Å². The van der Waals surface area contributed by atoms with Crippen LogP contribution in [0.4, 0.5) is 14.9 Å². The van der Waals surface area contributed by atoms with E-state index >= 15 is 0 Å². The molecule has 0 radical (unpaired) electrons. The van der Waals surface area contributed by atoms with Gasteiger partial charge in [0, 0.05) is 17.3 Å². The number of aromatic nitrogens is 1. The number of nitrogens with one attached hydrogen (secondary N) is 2. The van der Waals surface area contributed by atoms with Gasteiger partial charge in [-0.05, 0) is 58.4 Å². The molecule has 10 heteroatoms. The topological polar surface area (TPSA) is 104 Å². The largest absolute Gasteiger partial charge is 0.448 e. The minimum atomic E-state index is -1.61.